The predicted molar refractivity (Wildman–Crippen MR) is 84.3 cm³/mol. The van der Waals surface area contributed by atoms with Crippen molar-refractivity contribution in [1.29, 1.82) is 0 Å². The average molecular weight is 279 g/mol. The first-order chi connectivity index (χ1) is 10.2. The van der Waals surface area contributed by atoms with E-state index >= 15 is 0 Å². The van der Waals surface area contributed by atoms with Gasteiger partial charge in [0, 0.05) is 29.1 Å². The molecule has 2 aromatic heterocycles. The molecule has 1 aromatic carbocycles. The number of hydrogen-bond acceptors (Lipinski definition) is 3. The molecule has 0 bridgehead atoms. The molecule has 0 aliphatic rings. The summed E-state index contributed by atoms with van der Waals surface area (Å²) in [6.45, 7) is 3.86. The van der Waals surface area contributed by atoms with Gasteiger partial charge in [-0.3, -0.25) is 9.78 Å². The molecule has 2 heterocycles. The number of aromatic amines is 1. The number of benzene rings is 1. The van der Waals surface area contributed by atoms with Crippen LogP contribution >= 0.6 is 0 Å². The summed E-state index contributed by atoms with van der Waals surface area (Å²) in [6, 6.07) is 9.97. The van der Waals surface area contributed by atoms with Gasteiger partial charge in [-0.1, -0.05) is 25.1 Å². The summed E-state index contributed by atoms with van der Waals surface area (Å²) in [7, 11) is 0. The molecule has 106 valence electrons. The molecule has 0 amide bonds. The van der Waals surface area contributed by atoms with Gasteiger partial charge in [0.2, 0.25) is 0 Å². The first-order valence-corrected chi connectivity index (χ1v) is 7.14. The smallest absolute Gasteiger partial charge is 0.254 e. The van der Waals surface area contributed by atoms with Crippen molar-refractivity contribution in [2.45, 2.75) is 26.7 Å². The number of aromatic nitrogens is 3. The quantitative estimate of drug-likeness (QED) is 0.800. The minimum Gasteiger partial charge on any atom is -0.310 e. The van der Waals surface area contributed by atoms with Crippen LogP contribution in [-0.4, -0.2) is 15.0 Å². The van der Waals surface area contributed by atoms with Crippen LogP contribution in [0.5, 0.6) is 0 Å². The van der Waals surface area contributed by atoms with Crippen molar-refractivity contribution in [3.05, 3.63) is 58.3 Å². The summed E-state index contributed by atoms with van der Waals surface area (Å²) < 4.78 is 0. The van der Waals surface area contributed by atoms with Gasteiger partial charge in [0.1, 0.15) is 5.82 Å². The summed E-state index contributed by atoms with van der Waals surface area (Å²) in [5.41, 5.74) is 3.11. The Morgan fingerprint density at radius 1 is 1.24 bits per heavy atom. The SMILES string of the molecule is CCCc1nc(-c2cnc3ccccc3c2)c(C)c(=O)[nH]1. The summed E-state index contributed by atoms with van der Waals surface area (Å²) in [5.74, 6) is 0.733. The Morgan fingerprint density at radius 3 is 2.86 bits per heavy atom. The molecule has 0 fully saturated rings. The maximum absolute atomic E-state index is 12.1. The molecule has 0 saturated carbocycles. The lowest BCUT2D eigenvalue weighted by Crippen LogP contribution is -2.16. The van der Waals surface area contributed by atoms with Crippen LogP contribution in [0.15, 0.2) is 41.3 Å². The van der Waals surface area contributed by atoms with Crippen LogP contribution in [0.3, 0.4) is 0 Å². The third-order valence-electron chi connectivity index (χ3n) is 3.55. The highest BCUT2D eigenvalue weighted by Crippen LogP contribution is 2.22. The average Bonchev–Trinajstić information content (AvgIpc) is 2.50. The van der Waals surface area contributed by atoms with E-state index in [1.165, 1.54) is 0 Å². The molecule has 0 unspecified atom stereocenters. The molecule has 1 N–H and O–H groups in total. The van der Waals surface area contributed by atoms with Gasteiger partial charge in [-0.15, -0.1) is 0 Å². The fourth-order valence-electron chi connectivity index (χ4n) is 2.42. The van der Waals surface area contributed by atoms with E-state index < -0.39 is 0 Å². The van der Waals surface area contributed by atoms with Crippen LogP contribution in [-0.2, 0) is 6.42 Å². The van der Waals surface area contributed by atoms with Crippen molar-refractivity contribution >= 4 is 10.9 Å². The lowest BCUT2D eigenvalue weighted by molar-refractivity contribution is 0.822. The second-order valence-electron chi connectivity index (χ2n) is 5.15. The zero-order valence-corrected chi connectivity index (χ0v) is 12.2. The summed E-state index contributed by atoms with van der Waals surface area (Å²) in [5, 5.41) is 1.05. The molecular formula is C17H17N3O. The normalized spacial score (nSPS) is 11.0. The largest absolute Gasteiger partial charge is 0.310 e. The molecule has 0 atom stereocenters. The van der Waals surface area contributed by atoms with E-state index in [2.05, 4.69) is 21.9 Å². The number of fused-ring (bicyclic) bond motifs is 1. The summed E-state index contributed by atoms with van der Waals surface area (Å²) in [6.07, 6.45) is 3.50. The van der Waals surface area contributed by atoms with Crippen LogP contribution in [0.25, 0.3) is 22.2 Å². The maximum atomic E-state index is 12.1. The number of aryl methyl sites for hydroxylation is 1. The van der Waals surface area contributed by atoms with Crippen molar-refractivity contribution in [3.63, 3.8) is 0 Å². The highest BCUT2D eigenvalue weighted by molar-refractivity contribution is 5.83. The van der Waals surface area contributed by atoms with Crippen LogP contribution in [0.1, 0.15) is 24.7 Å². The van der Waals surface area contributed by atoms with Crippen molar-refractivity contribution in [3.8, 4) is 11.3 Å². The van der Waals surface area contributed by atoms with Crippen molar-refractivity contribution in [1.82, 2.24) is 15.0 Å². The molecule has 3 aromatic rings. The van der Waals surface area contributed by atoms with E-state index in [0.29, 0.717) is 5.56 Å². The van der Waals surface area contributed by atoms with Gasteiger partial charge in [-0.2, -0.15) is 0 Å². The zero-order chi connectivity index (χ0) is 14.8. The third kappa shape index (κ3) is 2.57. The number of nitrogens with zero attached hydrogens (tertiary/aromatic N) is 2. The Morgan fingerprint density at radius 2 is 2.05 bits per heavy atom. The monoisotopic (exact) mass is 279 g/mol. The second kappa shape index (κ2) is 5.48. The van der Waals surface area contributed by atoms with Gasteiger partial charge in [-0.25, -0.2) is 4.98 Å². The molecule has 0 saturated heterocycles. The Balaban J connectivity index is 2.19. The maximum Gasteiger partial charge on any atom is 0.254 e. The lowest BCUT2D eigenvalue weighted by atomic mass is 10.1. The minimum atomic E-state index is -0.0726. The van der Waals surface area contributed by atoms with Crippen LogP contribution in [0.4, 0.5) is 0 Å². The van der Waals surface area contributed by atoms with E-state index in [-0.39, 0.29) is 5.56 Å². The number of hydrogen-bond donors (Lipinski definition) is 1. The fourth-order valence-corrected chi connectivity index (χ4v) is 2.42. The van der Waals surface area contributed by atoms with Gasteiger partial charge in [-0.05, 0) is 25.5 Å². The zero-order valence-electron chi connectivity index (χ0n) is 12.2. The second-order valence-corrected chi connectivity index (χ2v) is 5.15. The molecule has 4 heteroatoms. The molecule has 0 spiro atoms. The van der Waals surface area contributed by atoms with Crippen molar-refractivity contribution in [2.24, 2.45) is 0 Å². The molecule has 0 radical (unpaired) electrons. The molecular weight excluding hydrogens is 262 g/mol. The van der Waals surface area contributed by atoms with Gasteiger partial charge >= 0.3 is 0 Å². The van der Waals surface area contributed by atoms with E-state index in [0.717, 1.165) is 40.8 Å². The van der Waals surface area contributed by atoms with Gasteiger partial charge in [0.25, 0.3) is 5.56 Å². The highest BCUT2D eigenvalue weighted by Gasteiger charge is 2.10. The molecule has 21 heavy (non-hydrogen) atoms. The Labute approximate surface area is 122 Å². The number of rotatable bonds is 3. The highest BCUT2D eigenvalue weighted by atomic mass is 16.1. The molecule has 0 aliphatic carbocycles. The predicted octanol–water partition coefficient (Wildman–Crippen LogP) is 3.25. The number of H-pyrrole nitrogens is 1. The van der Waals surface area contributed by atoms with Gasteiger partial charge in [0.15, 0.2) is 0 Å². The Hall–Kier alpha value is -2.49. The number of para-hydroxylation sites is 1. The summed E-state index contributed by atoms with van der Waals surface area (Å²) in [4.78, 5) is 23.9. The van der Waals surface area contributed by atoms with Crippen molar-refractivity contribution < 1.29 is 0 Å². The van der Waals surface area contributed by atoms with E-state index in [1.807, 2.05) is 30.3 Å². The van der Waals surface area contributed by atoms with Gasteiger partial charge < -0.3 is 4.98 Å². The number of pyridine rings is 1. The first-order valence-electron chi connectivity index (χ1n) is 7.14. The fraction of sp³-hybridized carbons (Fsp3) is 0.235. The van der Waals surface area contributed by atoms with Gasteiger partial charge in [0.05, 0.1) is 11.2 Å². The Kier molecular flexibility index (Phi) is 3.52. The van der Waals surface area contributed by atoms with Crippen LogP contribution in [0, 0.1) is 6.92 Å². The van der Waals surface area contributed by atoms with E-state index in [1.54, 1.807) is 13.1 Å². The Bertz CT molecular complexity index is 852. The van der Waals surface area contributed by atoms with E-state index in [4.69, 9.17) is 0 Å². The molecule has 4 nitrogen and oxygen atoms in total. The molecule has 3 rings (SSSR count). The van der Waals surface area contributed by atoms with Crippen molar-refractivity contribution in [2.75, 3.05) is 0 Å². The van der Waals surface area contributed by atoms with Crippen LogP contribution < -0.4 is 5.56 Å². The molecule has 0 aliphatic heterocycles. The standard InChI is InChI=1S/C17H17N3O/c1-3-6-15-19-16(11(2)17(21)20-15)13-9-12-7-4-5-8-14(12)18-10-13/h4-5,7-10H,3,6H2,1-2H3,(H,19,20,21). The van der Waals surface area contributed by atoms with Crippen LogP contribution in [0.2, 0.25) is 0 Å². The number of nitrogens with one attached hydrogen (secondary N) is 1. The summed E-state index contributed by atoms with van der Waals surface area (Å²) >= 11 is 0. The topological polar surface area (TPSA) is 58.6 Å². The van der Waals surface area contributed by atoms with E-state index in [9.17, 15) is 4.79 Å². The third-order valence-corrected chi connectivity index (χ3v) is 3.55. The first kappa shape index (κ1) is 13.5. The minimum absolute atomic E-state index is 0.0726. The lowest BCUT2D eigenvalue weighted by Gasteiger charge is -2.08.